The van der Waals surface area contributed by atoms with Gasteiger partial charge in [0.05, 0.1) is 0 Å². The van der Waals surface area contributed by atoms with Crippen LogP contribution in [0.5, 0.6) is 0 Å². The van der Waals surface area contributed by atoms with Crippen molar-refractivity contribution in [2.24, 2.45) is 0 Å². The third-order valence-electron chi connectivity index (χ3n) is 2.85. The van der Waals surface area contributed by atoms with E-state index < -0.39 is 0 Å². The molecular weight excluding hydrogens is 244 g/mol. The van der Waals surface area contributed by atoms with Crippen LogP contribution in [-0.4, -0.2) is 29.5 Å². The maximum atomic E-state index is 11.9. The molecule has 4 heteroatoms. The van der Waals surface area contributed by atoms with Crippen LogP contribution in [0, 0.1) is 0 Å². The largest absolute Gasteiger partial charge is 0.381 e. The summed E-state index contributed by atoms with van der Waals surface area (Å²) in [5.41, 5.74) is 1.76. The molecule has 1 aromatic rings. The van der Waals surface area contributed by atoms with E-state index in [1.165, 1.54) is 12.2 Å². The van der Waals surface area contributed by atoms with Crippen LogP contribution < -0.4 is 10.6 Å². The van der Waals surface area contributed by atoms with E-state index in [2.05, 4.69) is 10.6 Å². The molecule has 1 fully saturated rings. The van der Waals surface area contributed by atoms with Gasteiger partial charge in [0, 0.05) is 29.1 Å². The Balaban J connectivity index is 2.02. The maximum absolute atomic E-state index is 11.9. The molecular formula is C14H20N2OS. The molecule has 1 unspecified atom stereocenters. The number of hydrogen-bond donors (Lipinski definition) is 2. The molecule has 0 radical (unpaired) electrons. The Morgan fingerprint density at radius 3 is 2.94 bits per heavy atom. The standard InChI is InChI=1S/C14H20N2OS/c1-10(2)15-14(17)11-4-3-5-12(8-11)16-13-6-7-18-9-13/h3-5,8,10,13,16H,6-7,9H2,1-2H3,(H,15,17). The Morgan fingerprint density at radius 2 is 2.28 bits per heavy atom. The Kier molecular flexibility index (Phi) is 4.53. The number of carbonyl (C=O) groups excluding carboxylic acids is 1. The van der Waals surface area contributed by atoms with Crippen LogP contribution in [0.2, 0.25) is 0 Å². The van der Waals surface area contributed by atoms with Crippen molar-refractivity contribution < 1.29 is 4.79 Å². The summed E-state index contributed by atoms with van der Waals surface area (Å²) in [5.74, 6) is 2.38. The van der Waals surface area contributed by atoms with Gasteiger partial charge in [0.1, 0.15) is 0 Å². The first-order valence-electron chi connectivity index (χ1n) is 6.40. The molecule has 2 rings (SSSR count). The molecule has 0 saturated carbocycles. The summed E-state index contributed by atoms with van der Waals surface area (Å²) in [7, 11) is 0. The average Bonchev–Trinajstić information content (AvgIpc) is 2.81. The van der Waals surface area contributed by atoms with E-state index in [0.717, 1.165) is 17.0 Å². The van der Waals surface area contributed by atoms with Gasteiger partial charge in [0.2, 0.25) is 0 Å². The molecule has 1 aliphatic rings. The van der Waals surface area contributed by atoms with Gasteiger partial charge in [-0.25, -0.2) is 0 Å². The number of carbonyl (C=O) groups is 1. The first-order valence-corrected chi connectivity index (χ1v) is 7.56. The highest BCUT2D eigenvalue weighted by atomic mass is 32.2. The van der Waals surface area contributed by atoms with E-state index >= 15 is 0 Å². The molecule has 1 saturated heterocycles. The van der Waals surface area contributed by atoms with Gasteiger partial charge >= 0.3 is 0 Å². The van der Waals surface area contributed by atoms with Crippen LogP contribution in [0.1, 0.15) is 30.6 Å². The lowest BCUT2D eigenvalue weighted by Crippen LogP contribution is -2.30. The van der Waals surface area contributed by atoms with Crippen molar-refractivity contribution in [3.63, 3.8) is 0 Å². The highest BCUT2D eigenvalue weighted by molar-refractivity contribution is 7.99. The number of nitrogens with one attached hydrogen (secondary N) is 2. The smallest absolute Gasteiger partial charge is 0.251 e. The monoisotopic (exact) mass is 264 g/mol. The minimum absolute atomic E-state index is 0.00514. The summed E-state index contributed by atoms with van der Waals surface area (Å²) in [6, 6.07) is 8.45. The van der Waals surface area contributed by atoms with E-state index in [0.29, 0.717) is 6.04 Å². The number of rotatable bonds is 4. The first-order chi connectivity index (χ1) is 8.65. The molecule has 18 heavy (non-hydrogen) atoms. The average molecular weight is 264 g/mol. The minimum Gasteiger partial charge on any atom is -0.381 e. The zero-order valence-electron chi connectivity index (χ0n) is 10.9. The SMILES string of the molecule is CC(C)NC(=O)c1cccc(NC2CCSC2)c1. The van der Waals surface area contributed by atoms with Gasteiger partial charge in [0.15, 0.2) is 0 Å². The van der Waals surface area contributed by atoms with Crippen molar-refractivity contribution in [1.82, 2.24) is 5.32 Å². The molecule has 0 aliphatic carbocycles. The lowest BCUT2D eigenvalue weighted by Gasteiger charge is -2.14. The van der Waals surface area contributed by atoms with Crippen LogP contribution >= 0.6 is 11.8 Å². The van der Waals surface area contributed by atoms with Gasteiger partial charge in [0.25, 0.3) is 5.91 Å². The van der Waals surface area contributed by atoms with Crippen molar-refractivity contribution >= 4 is 23.4 Å². The third kappa shape index (κ3) is 3.67. The second-order valence-corrected chi connectivity index (χ2v) is 6.06. The maximum Gasteiger partial charge on any atom is 0.251 e. The van der Waals surface area contributed by atoms with E-state index in [1.54, 1.807) is 0 Å². The topological polar surface area (TPSA) is 41.1 Å². The Hall–Kier alpha value is -1.16. The normalized spacial score (nSPS) is 18.9. The van der Waals surface area contributed by atoms with Gasteiger partial charge < -0.3 is 10.6 Å². The Labute approximate surface area is 113 Å². The van der Waals surface area contributed by atoms with Crippen molar-refractivity contribution in [2.45, 2.75) is 32.4 Å². The molecule has 0 spiro atoms. The number of benzene rings is 1. The van der Waals surface area contributed by atoms with E-state index in [4.69, 9.17) is 0 Å². The van der Waals surface area contributed by atoms with Crippen LogP contribution in [-0.2, 0) is 0 Å². The molecule has 1 heterocycles. The highest BCUT2D eigenvalue weighted by Gasteiger charge is 2.15. The quantitative estimate of drug-likeness (QED) is 0.878. The zero-order chi connectivity index (χ0) is 13.0. The number of thioether (sulfide) groups is 1. The van der Waals surface area contributed by atoms with Gasteiger partial charge in [-0.15, -0.1) is 0 Å². The summed E-state index contributed by atoms with van der Waals surface area (Å²) >= 11 is 1.98. The summed E-state index contributed by atoms with van der Waals surface area (Å²) in [6.07, 6.45) is 1.20. The Bertz CT molecular complexity index is 414. The van der Waals surface area contributed by atoms with E-state index in [-0.39, 0.29) is 11.9 Å². The first kappa shape index (κ1) is 13.3. The fourth-order valence-electron chi connectivity index (χ4n) is 1.98. The molecule has 98 valence electrons. The molecule has 0 bridgehead atoms. The Morgan fingerprint density at radius 1 is 1.44 bits per heavy atom. The predicted molar refractivity (Wildman–Crippen MR) is 78.4 cm³/mol. The van der Waals surface area contributed by atoms with Gasteiger partial charge in [-0.3, -0.25) is 4.79 Å². The highest BCUT2D eigenvalue weighted by Crippen LogP contribution is 2.21. The molecule has 1 amide bonds. The summed E-state index contributed by atoms with van der Waals surface area (Å²) in [4.78, 5) is 11.9. The second kappa shape index (κ2) is 6.14. The van der Waals surface area contributed by atoms with Gasteiger partial charge in [-0.05, 0) is 44.2 Å². The van der Waals surface area contributed by atoms with Crippen molar-refractivity contribution in [3.8, 4) is 0 Å². The fraction of sp³-hybridized carbons (Fsp3) is 0.500. The zero-order valence-corrected chi connectivity index (χ0v) is 11.7. The molecule has 2 N–H and O–H groups in total. The van der Waals surface area contributed by atoms with Crippen LogP contribution in [0.15, 0.2) is 24.3 Å². The molecule has 1 atom stereocenters. The van der Waals surface area contributed by atoms with Crippen LogP contribution in [0.4, 0.5) is 5.69 Å². The van der Waals surface area contributed by atoms with Crippen molar-refractivity contribution in [2.75, 3.05) is 16.8 Å². The molecule has 3 nitrogen and oxygen atoms in total. The third-order valence-corrected chi connectivity index (χ3v) is 4.01. The van der Waals surface area contributed by atoms with Crippen LogP contribution in [0.25, 0.3) is 0 Å². The van der Waals surface area contributed by atoms with Gasteiger partial charge in [-0.1, -0.05) is 6.07 Å². The van der Waals surface area contributed by atoms with Crippen molar-refractivity contribution in [3.05, 3.63) is 29.8 Å². The summed E-state index contributed by atoms with van der Waals surface area (Å²) in [6.45, 7) is 3.94. The molecule has 1 aromatic carbocycles. The number of hydrogen-bond acceptors (Lipinski definition) is 3. The minimum atomic E-state index is -0.00514. The lowest BCUT2D eigenvalue weighted by molar-refractivity contribution is 0.0943. The van der Waals surface area contributed by atoms with E-state index in [1.807, 2.05) is 49.9 Å². The fourth-order valence-corrected chi connectivity index (χ4v) is 3.13. The summed E-state index contributed by atoms with van der Waals surface area (Å²) < 4.78 is 0. The second-order valence-electron chi connectivity index (χ2n) is 4.91. The predicted octanol–water partition coefficient (Wildman–Crippen LogP) is 2.74. The summed E-state index contributed by atoms with van der Waals surface area (Å²) in [5, 5.41) is 6.40. The number of anilines is 1. The van der Waals surface area contributed by atoms with Gasteiger partial charge in [-0.2, -0.15) is 11.8 Å². The molecule has 1 aliphatic heterocycles. The number of amides is 1. The lowest BCUT2D eigenvalue weighted by atomic mass is 10.1. The van der Waals surface area contributed by atoms with Crippen LogP contribution in [0.3, 0.4) is 0 Å². The van der Waals surface area contributed by atoms with Crippen molar-refractivity contribution in [1.29, 1.82) is 0 Å². The van der Waals surface area contributed by atoms with E-state index in [9.17, 15) is 4.79 Å². The molecule has 0 aromatic heterocycles.